The molecule has 1 saturated heterocycles. The minimum absolute atomic E-state index is 0. The van der Waals surface area contributed by atoms with Crippen LogP contribution in [0.1, 0.15) is 26.7 Å². The van der Waals surface area contributed by atoms with Gasteiger partial charge >= 0.3 is 0 Å². The zero-order chi connectivity index (χ0) is 11.3. The van der Waals surface area contributed by atoms with E-state index in [1.807, 2.05) is 13.8 Å². The van der Waals surface area contributed by atoms with Crippen molar-refractivity contribution in [1.82, 2.24) is 14.3 Å². The van der Waals surface area contributed by atoms with Crippen LogP contribution < -0.4 is 10.0 Å². The average Bonchev–Trinajstić information content (AvgIpc) is 2.69. The predicted molar refractivity (Wildman–Crippen MR) is 68.1 cm³/mol. The molecule has 16 heavy (non-hydrogen) atoms. The summed E-state index contributed by atoms with van der Waals surface area (Å²) in [7, 11) is -3.23. The van der Waals surface area contributed by atoms with Crippen molar-refractivity contribution in [2.45, 2.75) is 32.7 Å². The quantitative estimate of drug-likeness (QED) is 0.732. The Balaban J connectivity index is 0.00000225. The van der Waals surface area contributed by atoms with E-state index in [4.69, 9.17) is 0 Å². The summed E-state index contributed by atoms with van der Waals surface area (Å²) in [4.78, 5) is 0. The zero-order valence-electron chi connectivity index (χ0n) is 9.90. The van der Waals surface area contributed by atoms with Crippen LogP contribution in [0.2, 0.25) is 0 Å². The van der Waals surface area contributed by atoms with E-state index >= 15 is 0 Å². The third-order valence-corrected chi connectivity index (χ3v) is 4.11. The van der Waals surface area contributed by atoms with Gasteiger partial charge in [-0.25, -0.2) is 4.72 Å². The molecule has 0 aromatic carbocycles. The van der Waals surface area contributed by atoms with Gasteiger partial charge in [0.15, 0.2) is 0 Å². The summed E-state index contributed by atoms with van der Waals surface area (Å²) in [5, 5.41) is 3.16. The molecule has 0 bridgehead atoms. The van der Waals surface area contributed by atoms with Gasteiger partial charge in [-0.2, -0.15) is 12.7 Å². The standard InChI is InChI=1S/C9H21N3O2S.ClH/c1-3-10-9(2)8-11-15(13,14)12-6-4-5-7-12;/h9-11H,3-8H2,1-2H3;1H/t9-;/m1./s1. The molecule has 0 aromatic heterocycles. The molecule has 0 aliphatic carbocycles. The van der Waals surface area contributed by atoms with Gasteiger partial charge in [-0.1, -0.05) is 6.92 Å². The lowest BCUT2D eigenvalue weighted by Crippen LogP contribution is -2.44. The van der Waals surface area contributed by atoms with Crippen LogP contribution in [-0.4, -0.2) is 44.9 Å². The highest BCUT2D eigenvalue weighted by molar-refractivity contribution is 7.87. The molecule has 2 N–H and O–H groups in total. The highest BCUT2D eigenvalue weighted by atomic mass is 35.5. The Morgan fingerprint density at radius 2 is 1.88 bits per heavy atom. The molecule has 98 valence electrons. The molecule has 0 saturated carbocycles. The number of rotatable bonds is 6. The summed E-state index contributed by atoms with van der Waals surface area (Å²) in [5.41, 5.74) is 0. The predicted octanol–water partition coefficient (Wildman–Crippen LogP) is 0.336. The maximum Gasteiger partial charge on any atom is 0.279 e. The minimum Gasteiger partial charge on any atom is -0.313 e. The van der Waals surface area contributed by atoms with Crippen molar-refractivity contribution >= 4 is 22.6 Å². The van der Waals surface area contributed by atoms with Gasteiger partial charge in [0.05, 0.1) is 0 Å². The fourth-order valence-electron chi connectivity index (χ4n) is 1.67. The largest absolute Gasteiger partial charge is 0.313 e. The molecule has 1 heterocycles. The smallest absolute Gasteiger partial charge is 0.279 e. The third-order valence-electron chi connectivity index (χ3n) is 2.53. The molecule has 1 rings (SSSR count). The molecule has 0 aromatic rings. The van der Waals surface area contributed by atoms with Crippen molar-refractivity contribution < 1.29 is 8.42 Å². The first-order chi connectivity index (χ1) is 7.06. The fourth-order valence-corrected chi connectivity index (χ4v) is 3.05. The van der Waals surface area contributed by atoms with Gasteiger partial charge in [0.2, 0.25) is 0 Å². The summed E-state index contributed by atoms with van der Waals surface area (Å²) in [6.07, 6.45) is 1.95. The monoisotopic (exact) mass is 271 g/mol. The van der Waals surface area contributed by atoms with Gasteiger partial charge in [-0.05, 0) is 26.3 Å². The molecule has 7 heteroatoms. The molecule has 0 amide bonds. The first kappa shape index (κ1) is 16.1. The molecule has 0 unspecified atom stereocenters. The van der Waals surface area contributed by atoms with Crippen molar-refractivity contribution in [2.75, 3.05) is 26.2 Å². The van der Waals surface area contributed by atoms with Crippen LogP contribution in [0.4, 0.5) is 0 Å². The summed E-state index contributed by atoms with van der Waals surface area (Å²) >= 11 is 0. The number of hydrogen-bond acceptors (Lipinski definition) is 3. The highest BCUT2D eigenvalue weighted by Gasteiger charge is 2.24. The van der Waals surface area contributed by atoms with Crippen LogP contribution in [0.15, 0.2) is 0 Å². The van der Waals surface area contributed by atoms with Crippen molar-refractivity contribution in [1.29, 1.82) is 0 Å². The SMILES string of the molecule is CCN[C@H](C)CNS(=O)(=O)N1CCCC1.Cl. The summed E-state index contributed by atoms with van der Waals surface area (Å²) in [6.45, 7) is 6.59. The molecule has 1 aliphatic heterocycles. The van der Waals surface area contributed by atoms with Gasteiger partial charge in [0.1, 0.15) is 0 Å². The van der Waals surface area contributed by atoms with Crippen LogP contribution in [0.5, 0.6) is 0 Å². The number of likely N-dealkylation sites (N-methyl/N-ethyl adjacent to an activating group) is 1. The minimum atomic E-state index is -3.23. The van der Waals surface area contributed by atoms with Gasteiger partial charge < -0.3 is 5.32 Å². The van der Waals surface area contributed by atoms with Gasteiger partial charge in [0.25, 0.3) is 10.2 Å². The Morgan fingerprint density at radius 3 is 2.38 bits per heavy atom. The molecular formula is C9H22ClN3O2S. The second-order valence-electron chi connectivity index (χ2n) is 3.92. The number of hydrogen-bond donors (Lipinski definition) is 2. The highest BCUT2D eigenvalue weighted by Crippen LogP contribution is 2.10. The van der Waals surface area contributed by atoms with Crippen molar-refractivity contribution in [2.24, 2.45) is 0 Å². The molecule has 1 atom stereocenters. The molecule has 0 spiro atoms. The van der Waals surface area contributed by atoms with E-state index in [-0.39, 0.29) is 18.4 Å². The van der Waals surface area contributed by atoms with Crippen LogP contribution in [0.25, 0.3) is 0 Å². The lowest BCUT2D eigenvalue weighted by atomic mass is 10.3. The van der Waals surface area contributed by atoms with E-state index in [1.54, 1.807) is 0 Å². The first-order valence-electron chi connectivity index (χ1n) is 5.54. The Labute approximate surface area is 105 Å². The third kappa shape index (κ3) is 4.97. The van der Waals surface area contributed by atoms with E-state index in [0.29, 0.717) is 19.6 Å². The molecule has 1 aliphatic rings. The van der Waals surface area contributed by atoms with Crippen LogP contribution >= 0.6 is 12.4 Å². The molecule has 5 nitrogen and oxygen atoms in total. The number of nitrogens with zero attached hydrogens (tertiary/aromatic N) is 1. The average molecular weight is 272 g/mol. The normalized spacial score (nSPS) is 19.4. The Kier molecular flexibility index (Phi) is 7.50. The van der Waals surface area contributed by atoms with Crippen LogP contribution in [0, 0.1) is 0 Å². The van der Waals surface area contributed by atoms with Crippen molar-refractivity contribution in [3.8, 4) is 0 Å². The first-order valence-corrected chi connectivity index (χ1v) is 6.98. The second kappa shape index (κ2) is 7.45. The van der Waals surface area contributed by atoms with Crippen molar-refractivity contribution in [3.63, 3.8) is 0 Å². The number of halogens is 1. The molecule has 1 fully saturated rings. The van der Waals surface area contributed by atoms with E-state index in [0.717, 1.165) is 19.4 Å². The zero-order valence-corrected chi connectivity index (χ0v) is 11.5. The molecular weight excluding hydrogens is 250 g/mol. The van der Waals surface area contributed by atoms with Crippen LogP contribution in [-0.2, 0) is 10.2 Å². The lowest BCUT2D eigenvalue weighted by molar-refractivity contribution is 0.456. The van der Waals surface area contributed by atoms with E-state index in [2.05, 4.69) is 10.0 Å². The molecule has 0 radical (unpaired) electrons. The topological polar surface area (TPSA) is 61.4 Å². The van der Waals surface area contributed by atoms with E-state index in [1.165, 1.54) is 4.31 Å². The van der Waals surface area contributed by atoms with E-state index < -0.39 is 10.2 Å². The van der Waals surface area contributed by atoms with Gasteiger partial charge in [-0.3, -0.25) is 0 Å². The maximum absolute atomic E-state index is 11.7. The number of nitrogens with one attached hydrogen (secondary N) is 2. The Hall–Kier alpha value is 0.120. The Morgan fingerprint density at radius 1 is 1.31 bits per heavy atom. The fraction of sp³-hybridized carbons (Fsp3) is 1.00. The second-order valence-corrected chi connectivity index (χ2v) is 5.67. The van der Waals surface area contributed by atoms with E-state index in [9.17, 15) is 8.42 Å². The summed E-state index contributed by atoms with van der Waals surface area (Å²) < 4.78 is 27.6. The van der Waals surface area contributed by atoms with Crippen molar-refractivity contribution in [3.05, 3.63) is 0 Å². The van der Waals surface area contributed by atoms with Crippen LogP contribution in [0.3, 0.4) is 0 Å². The lowest BCUT2D eigenvalue weighted by Gasteiger charge is -2.18. The van der Waals surface area contributed by atoms with Gasteiger partial charge in [-0.15, -0.1) is 12.4 Å². The summed E-state index contributed by atoms with van der Waals surface area (Å²) in [6, 6.07) is 0.173. The summed E-state index contributed by atoms with van der Waals surface area (Å²) in [5.74, 6) is 0. The Bertz CT molecular complexity index is 278. The maximum atomic E-state index is 11.7. The van der Waals surface area contributed by atoms with Gasteiger partial charge in [0, 0.05) is 25.7 Å².